The summed E-state index contributed by atoms with van der Waals surface area (Å²) in [7, 11) is 0. The highest BCUT2D eigenvalue weighted by Gasteiger charge is 2.14. The van der Waals surface area contributed by atoms with Crippen LogP contribution >= 0.6 is 11.3 Å². The average molecular weight is 320 g/mol. The summed E-state index contributed by atoms with van der Waals surface area (Å²) in [5.41, 5.74) is 1.64. The Kier molecular flexibility index (Phi) is 5.24. The fourth-order valence-electron chi connectivity index (χ4n) is 2.06. The van der Waals surface area contributed by atoms with Gasteiger partial charge in [0.15, 0.2) is 0 Å². The van der Waals surface area contributed by atoms with Crippen molar-refractivity contribution in [3.05, 3.63) is 61.8 Å². The predicted molar refractivity (Wildman–Crippen MR) is 84.1 cm³/mol. The van der Waals surface area contributed by atoms with E-state index < -0.39 is 11.0 Å². The van der Waals surface area contributed by atoms with Crippen LogP contribution < -0.4 is 5.32 Å². The molecule has 116 valence electrons. The van der Waals surface area contributed by atoms with Crippen molar-refractivity contribution < 1.29 is 14.8 Å². The van der Waals surface area contributed by atoms with E-state index >= 15 is 0 Å². The Bertz CT molecular complexity index is 670. The van der Waals surface area contributed by atoms with Gasteiger partial charge in [0.2, 0.25) is 0 Å². The molecule has 0 saturated heterocycles. The summed E-state index contributed by atoms with van der Waals surface area (Å²) in [6.45, 7) is 1.92. The van der Waals surface area contributed by atoms with Gasteiger partial charge in [-0.15, -0.1) is 0 Å². The number of aliphatic hydroxyl groups is 1. The van der Waals surface area contributed by atoms with Crippen molar-refractivity contribution >= 4 is 22.9 Å². The molecule has 2 N–H and O–H groups in total. The third kappa shape index (κ3) is 3.90. The standard InChI is InChI=1S/C15H16N2O4S/c1-10-8-11(2-3-13(10)17(20)21)15(19)16-6-4-14(18)12-5-7-22-9-12/h2-3,5,7-9,14,18H,4,6H2,1H3,(H,16,19). The van der Waals surface area contributed by atoms with E-state index in [1.807, 2.05) is 16.8 Å². The second-order valence-electron chi connectivity index (χ2n) is 4.88. The number of hydrogen-bond acceptors (Lipinski definition) is 5. The number of aryl methyl sites for hydroxylation is 1. The van der Waals surface area contributed by atoms with E-state index in [9.17, 15) is 20.0 Å². The third-order valence-electron chi connectivity index (χ3n) is 3.29. The van der Waals surface area contributed by atoms with Crippen molar-refractivity contribution in [2.24, 2.45) is 0 Å². The van der Waals surface area contributed by atoms with Gasteiger partial charge in [-0.1, -0.05) is 0 Å². The number of rotatable bonds is 6. The van der Waals surface area contributed by atoms with Crippen molar-refractivity contribution in [3.8, 4) is 0 Å². The van der Waals surface area contributed by atoms with Crippen LogP contribution in [-0.4, -0.2) is 22.5 Å². The molecule has 0 aliphatic rings. The van der Waals surface area contributed by atoms with Gasteiger partial charge >= 0.3 is 0 Å². The lowest BCUT2D eigenvalue weighted by Gasteiger charge is -2.10. The average Bonchev–Trinajstić information content (AvgIpc) is 3.00. The first kappa shape index (κ1) is 16.1. The van der Waals surface area contributed by atoms with Crippen molar-refractivity contribution in [3.63, 3.8) is 0 Å². The molecule has 1 amide bonds. The Hall–Kier alpha value is -2.25. The number of benzene rings is 1. The molecule has 0 aliphatic heterocycles. The summed E-state index contributed by atoms with van der Waals surface area (Å²) in [6, 6.07) is 6.08. The molecule has 1 atom stereocenters. The van der Waals surface area contributed by atoms with Gasteiger partial charge in [0, 0.05) is 23.7 Å². The van der Waals surface area contributed by atoms with Gasteiger partial charge in [0.05, 0.1) is 11.0 Å². The van der Waals surface area contributed by atoms with Crippen molar-refractivity contribution in [1.82, 2.24) is 5.32 Å². The topological polar surface area (TPSA) is 92.5 Å². The van der Waals surface area contributed by atoms with Crippen LogP contribution in [0.5, 0.6) is 0 Å². The first-order valence-electron chi connectivity index (χ1n) is 6.72. The Morgan fingerprint density at radius 2 is 2.23 bits per heavy atom. The Labute approximate surface area is 131 Å². The number of nitrogens with one attached hydrogen (secondary N) is 1. The summed E-state index contributed by atoms with van der Waals surface area (Å²) in [4.78, 5) is 22.2. The minimum Gasteiger partial charge on any atom is -0.388 e. The van der Waals surface area contributed by atoms with Crippen LogP contribution in [-0.2, 0) is 0 Å². The van der Waals surface area contributed by atoms with Crippen LogP contribution in [0, 0.1) is 17.0 Å². The van der Waals surface area contributed by atoms with Gasteiger partial charge in [-0.2, -0.15) is 11.3 Å². The fraction of sp³-hybridized carbons (Fsp3) is 0.267. The maximum absolute atomic E-state index is 12.0. The lowest BCUT2D eigenvalue weighted by Crippen LogP contribution is -2.25. The van der Waals surface area contributed by atoms with Crippen LogP contribution in [0.25, 0.3) is 0 Å². The van der Waals surface area contributed by atoms with E-state index in [1.165, 1.54) is 29.5 Å². The lowest BCUT2D eigenvalue weighted by molar-refractivity contribution is -0.385. The van der Waals surface area contributed by atoms with E-state index in [0.29, 0.717) is 24.1 Å². The number of nitrogens with zero attached hydrogens (tertiary/aromatic N) is 1. The summed E-state index contributed by atoms with van der Waals surface area (Å²) >= 11 is 1.51. The molecule has 6 nitrogen and oxygen atoms in total. The van der Waals surface area contributed by atoms with Gasteiger partial charge in [0.1, 0.15) is 0 Å². The SMILES string of the molecule is Cc1cc(C(=O)NCCC(O)c2ccsc2)ccc1[N+](=O)[O-]. The highest BCUT2D eigenvalue weighted by molar-refractivity contribution is 7.07. The molecular formula is C15H16N2O4S. The molecule has 1 aromatic carbocycles. The fourth-order valence-corrected chi connectivity index (χ4v) is 2.76. The monoisotopic (exact) mass is 320 g/mol. The van der Waals surface area contributed by atoms with Gasteiger partial charge in [0.25, 0.3) is 11.6 Å². The Morgan fingerprint density at radius 3 is 2.82 bits per heavy atom. The van der Waals surface area contributed by atoms with Gasteiger partial charge < -0.3 is 10.4 Å². The zero-order valence-electron chi connectivity index (χ0n) is 12.0. The molecule has 2 rings (SSSR count). The first-order valence-corrected chi connectivity index (χ1v) is 7.66. The number of carbonyl (C=O) groups excluding carboxylic acids is 1. The Morgan fingerprint density at radius 1 is 1.45 bits per heavy atom. The molecule has 1 heterocycles. The van der Waals surface area contributed by atoms with Crippen LogP contribution in [0.2, 0.25) is 0 Å². The number of hydrogen-bond donors (Lipinski definition) is 2. The number of thiophene rings is 1. The number of aliphatic hydroxyl groups excluding tert-OH is 1. The lowest BCUT2D eigenvalue weighted by atomic mass is 10.1. The zero-order valence-corrected chi connectivity index (χ0v) is 12.8. The smallest absolute Gasteiger partial charge is 0.272 e. The number of nitro groups is 1. The van der Waals surface area contributed by atoms with Gasteiger partial charge in [-0.25, -0.2) is 0 Å². The molecule has 7 heteroatoms. The van der Waals surface area contributed by atoms with Crippen LogP contribution in [0.15, 0.2) is 35.0 Å². The van der Waals surface area contributed by atoms with Crippen LogP contribution in [0.1, 0.15) is 34.0 Å². The second-order valence-corrected chi connectivity index (χ2v) is 5.66. The molecule has 0 bridgehead atoms. The summed E-state index contributed by atoms with van der Waals surface area (Å²) in [5, 5.41) is 27.1. The first-order chi connectivity index (χ1) is 10.5. The molecule has 1 unspecified atom stereocenters. The van der Waals surface area contributed by atoms with E-state index in [-0.39, 0.29) is 11.6 Å². The van der Waals surface area contributed by atoms with E-state index in [0.717, 1.165) is 5.56 Å². The molecule has 1 aromatic heterocycles. The summed E-state index contributed by atoms with van der Waals surface area (Å²) in [5.74, 6) is -0.310. The van der Waals surface area contributed by atoms with E-state index in [4.69, 9.17) is 0 Å². The summed E-state index contributed by atoms with van der Waals surface area (Å²) in [6.07, 6.45) is -0.195. The van der Waals surface area contributed by atoms with Crippen molar-refractivity contribution in [2.75, 3.05) is 6.54 Å². The maximum Gasteiger partial charge on any atom is 0.272 e. The van der Waals surface area contributed by atoms with Gasteiger partial charge in [-0.05, 0) is 47.9 Å². The normalized spacial score (nSPS) is 11.9. The minimum absolute atomic E-state index is 0.00979. The predicted octanol–water partition coefficient (Wildman–Crippen LogP) is 2.82. The second kappa shape index (κ2) is 7.15. The minimum atomic E-state index is -0.606. The van der Waals surface area contributed by atoms with E-state index in [2.05, 4.69) is 5.32 Å². The number of nitro benzene ring substituents is 1. The highest BCUT2D eigenvalue weighted by atomic mass is 32.1. The van der Waals surface area contributed by atoms with Crippen LogP contribution in [0.3, 0.4) is 0 Å². The molecule has 2 aromatic rings. The molecular weight excluding hydrogens is 304 g/mol. The number of carbonyl (C=O) groups is 1. The number of amides is 1. The van der Waals surface area contributed by atoms with Crippen molar-refractivity contribution in [1.29, 1.82) is 0 Å². The Balaban J connectivity index is 1.90. The zero-order chi connectivity index (χ0) is 16.1. The van der Waals surface area contributed by atoms with Crippen molar-refractivity contribution in [2.45, 2.75) is 19.4 Å². The molecule has 0 aliphatic carbocycles. The quantitative estimate of drug-likeness (QED) is 0.632. The largest absolute Gasteiger partial charge is 0.388 e. The molecule has 0 saturated carbocycles. The molecule has 22 heavy (non-hydrogen) atoms. The highest BCUT2D eigenvalue weighted by Crippen LogP contribution is 2.20. The third-order valence-corrected chi connectivity index (χ3v) is 3.99. The van der Waals surface area contributed by atoms with Crippen LogP contribution in [0.4, 0.5) is 5.69 Å². The molecule has 0 radical (unpaired) electrons. The van der Waals surface area contributed by atoms with Gasteiger partial charge in [-0.3, -0.25) is 14.9 Å². The van der Waals surface area contributed by atoms with E-state index in [1.54, 1.807) is 6.92 Å². The molecule has 0 spiro atoms. The molecule has 0 fully saturated rings. The maximum atomic E-state index is 12.0. The summed E-state index contributed by atoms with van der Waals surface area (Å²) < 4.78 is 0.